The quantitative estimate of drug-likeness (QED) is 0.741. The van der Waals surface area contributed by atoms with Crippen LogP contribution in [0.15, 0.2) is 19.0 Å². The van der Waals surface area contributed by atoms with Crippen molar-refractivity contribution in [1.82, 2.24) is 9.55 Å². The first kappa shape index (κ1) is 12.6. The molecule has 0 aliphatic rings. The molecule has 0 spiro atoms. The molecular formula is C15H20N3+. The predicted molar refractivity (Wildman–Crippen MR) is 74.1 cm³/mol. The standard InChI is InChI=1S/C15H20N3/c1-7-13-11(3)10(2)12(4)18(6)14(13)15-16-8-9-17(15)5/h7-9H,1H2,2-6H3/q+1. The van der Waals surface area contributed by atoms with Gasteiger partial charge in [0.05, 0.1) is 5.56 Å². The van der Waals surface area contributed by atoms with Gasteiger partial charge in [0.1, 0.15) is 7.05 Å². The predicted octanol–water partition coefficient (Wildman–Crippen LogP) is 2.48. The van der Waals surface area contributed by atoms with Crippen molar-refractivity contribution in [2.24, 2.45) is 14.1 Å². The second kappa shape index (κ2) is 4.41. The maximum atomic E-state index is 4.46. The number of hydrogen-bond donors (Lipinski definition) is 0. The Kier molecular flexibility index (Phi) is 3.07. The Morgan fingerprint density at radius 2 is 1.94 bits per heavy atom. The number of hydrogen-bond acceptors (Lipinski definition) is 1. The highest BCUT2D eigenvalue weighted by Gasteiger charge is 2.24. The summed E-state index contributed by atoms with van der Waals surface area (Å²) in [5.41, 5.74) is 6.13. The molecule has 0 saturated heterocycles. The van der Waals surface area contributed by atoms with Crippen molar-refractivity contribution in [2.45, 2.75) is 20.8 Å². The molecule has 18 heavy (non-hydrogen) atoms. The lowest BCUT2D eigenvalue weighted by Crippen LogP contribution is -2.38. The van der Waals surface area contributed by atoms with Gasteiger partial charge in [-0.05, 0) is 19.4 Å². The molecule has 0 aliphatic heterocycles. The highest BCUT2D eigenvalue weighted by Crippen LogP contribution is 2.25. The SMILES string of the molecule is C=Cc1c(C)c(C)c(C)[n+](C)c1-c1nccn1C. The van der Waals surface area contributed by atoms with Crippen molar-refractivity contribution in [3.8, 4) is 11.5 Å². The fourth-order valence-corrected chi connectivity index (χ4v) is 2.36. The molecule has 0 bridgehead atoms. The second-order valence-electron chi connectivity index (χ2n) is 4.72. The minimum absolute atomic E-state index is 0.971. The van der Waals surface area contributed by atoms with Crippen molar-refractivity contribution in [1.29, 1.82) is 0 Å². The van der Waals surface area contributed by atoms with Crippen molar-refractivity contribution in [3.05, 3.63) is 41.4 Å². The first-order valence-corrected chi connectivity index (χ1v) is 6.09. The lowest BCUT2D eigenvalue weighted by Gasteiger charge is -2.12. The summed E-state index contributed by atoms with van der Waals surface area (Å²) in [6, 6.07) is 0. The molecule has 94 valence electrons. The van der Waals surface area contributed by atoms with Gasteiger partial charge in [-0.3, -0.25) is 0 Å². The molecule has 0 fully saturated rings. The van der Waals surface area contributed by atoms with E-state index in [1.165, 1.54) is 16.8 Å². The largest absolute Gasteiger partial charge is 0.329 e. The van der Waals surface area contributed by atoms with Crippen LogP contribution in [0.5, 0.6) is 0 Å². The minimum Gasteiger partial charge on any atom is -0.329 e. The third-order valence-corrected chi connectivity index (χ3v) is 3.84. The van der Waals surface area contributed by atoms with Gasteiger partial charge in [-0.2, -0.15) is 4.57 Å². The van der Waals surface area contributed by atoms with Gasteiger partial charge in [0, 0.05) is 31.9 Å². The molecule has 3 nitrogen and oxygen atoms in total. The molecule has 0 atom stereocenters. The maximum Gasteiger partial charge on any atom is 0.256 e. The second-order valence-corrected chi connectivity index (χ2v) is 4.72. The summed E-state index contributed by atoms with van der Waals surface area (Å²) in [6.07, 6.45) is 5.71. The Labute approximate surface area is 108 Å². The zero-order valence-electron chi connectivity index (χ0n) is 11.8. The molecule has 0 N–H and O–H groups in total. The topological polar surface area (TPSA) is 21.7 Å². The Bertz CT molecular complexity index is 621. The van der Waals surface area contributed by atoms with Crippen molar-refractivity contribution < 1.29 is 4.57 Å². The van der Waals surface area contributed by atoms with E-state index in [0.717, 1.165) is 17.1 Å². The van der Waals surface area contributed by atoms with Crippen LogP contribution in [0.4, 0.5) is 0 Å². The van der Waals surface area contributed by atoms with Gasteiger partial charge in [-0.25, -0.2) is 4.98 Å². The summed E-state index contributed by atoms with van der Waals surface area (Å²) in [4.78, 5) is 4.46. The van der Waals surface area contributed by atoms with Gasteiger partial charge >= 0.3 is 0 Å². The lowest BCUT2D eigenvalue weighted by molar-refractivity contribution is -0.667. The van der Waals surface area contributed by atoms with E-state index >= 15 is 0 Å². The van der Waals surface area contributed by atoms with Crippen LogP contribution < -0.4 is 4.57 Å². The number of imidazole rings is 1. The van der Waals surface area contributed by atoms with Gasteiger partial charge in [-0.15, -0.1) is 0 Å². The minimum atomic E-state index is 0.971. The fourth-order valence-electron chi connectivity index (χ4n) is 2.36. The molecule has 0 saturated carbocycles. The molecule has 0 aliphatic carbocycles. The molecule has 2 aromatic heterocycles. The van der Waals surface area contributed by atoms with Crippen molar-refractivity contribution in [2.75, 3.05) is 0 Å². The van der Waals surface area contributed by atoms with E-state index in [4.69, 9.17) is 0 Å². The van der Waals surface area contributed by atoms with E-state index < -0.39 is 0 Å². The normalized spacial score (nSPS) is 10.7. The molecule has 0 radical (unpaired) electrons. The smallest absolute Gasteiger partial charge is 0.256 e. The number of pyridine rings is 1. The number of aromatic nitrogens is 3. The summed E-state index contributed by atoms with van der Waals surface area (Å²) >= 11 is 0. The van der Waals surface area contributed by atoms with Gasteiger partial charge in [0.2, 0.25) is 5.82 Å². The van der Waals surface area contributed by atoms with Crippen LogP contribution in [0.25, 0.3) is 17.6 Å². The molecular weight excluding hydrogens is 222 g/mol. The lowest BCUT2D eigenvalue weighted by atomic mass is 9.99. The third-order valence-electron chi connectivity index (χ3n) is 3.84. The Morgan fingerprint density at radius 1 is 1.28 bits per heavy atom. The number of rotatable bonds is 2. The summed E-state index contributed by atoms with van der Waals surface area (Å²) in [7, 11) is 4.10. The zero-order valence-corrected chi connectivity index (χ0v) is 11.8. The third kappa shape index (κ3) is 1.67. The van der Waals surface area contributed by atoms with Crippen LogP contribution in [0.3, 0.4) is 0 Å². The van der Waals surface area contributed by atoms with E-state index in [2.05, 4.69) is 43.9 Å². The van der Waals surface area contributed by atoms with Gasteiger partial charge < -0.3 is 4.57 Å². The van der Waals surface area contributed by atoms with Crippen LogP contribution in [0.1, 0.15) is 22.4 Å². The van der Waals surface area contributed by atoms with Gasteiger partial charge in [0.25, 0.3) is 5.69 Å². The summed E-state index contributed by atoms with van der Waals surface area (Å²) < 4.78 is 4.23. The van der Waals surface area contributed by atoms with Crippen LogP contribution in [0, 0.1) is 20.8 Å². The Balaban J connectivity index is 2.90. The Morgan fingerprint density at radius 3 is 2.44 bits per heavy atom. The zero-order chi connectivity index (χ0) is 13.4. The first-order chi connectivity index (χ1) is 8.49. The maximum absolute atomic E-state index is 4.46. The van der Waals surface area contributed by atoms with Gasteiger partial charge in [-0.1, -0.05) is 12.7 Å². The van der Waals surface area contributed by atoms with Crippen LogP contribution in [-0.2, 0) is 14.1 Å². The Hall–Kier alpha value is -1.90. The summed E-state index contributed by atoms with van der Waals surface area (Å²) in [5.74, 6) is 0.971. The molecule has 3 heteroatoms. The van der Waals surface area contributed by atoms with E-state index in [1.807, 2.05) is 30.1 Å². The van der Waals surface area contributed by atoms with E-state index in [-0.39, 0.29) is 0 Å². The number of aryl methyl sites for hydroxylation is 1. The highest BCUT2D eigenvalue weighted by molar-refractivity contribution is 5.68. The summed E-state index contributed by atoms with van der Waals surface area (Å²) in [5, 5.41) is 0. The monoisotopic (exact) mass is 242 g/mol. The van der Waals surface area contributed by atoms with Crippen LogP contribution in [-0.4, -0.2) is 9.55 Å². The molecule has 0 unspecified atom stereocenters. The fraction of sp³-hybridized carbons (Fsp3) is 0.333. The van der Waals surface area contributed by atoms with Gasteiger partial charge in [0.15, 0.2) is 5.69 Å². The first-order valence-electron chi connectivity index (χ1n) is 6.09. The van der Waals surface area contributed by atoms with Crippen molar-refractivity contribution >= 4 is 6.08 Å². The van der Waals surface area contributed by atoms with Crippen molar-refractivity contribution in [3.63, 3.8) is 0 Å². The van der Waals surface area contributed by atoms with E-state index in [0.29, 0.717) is 0 Å². The molecule has 2 rings (SSSR count). The molecule has 0 amide bonds. The van der Waals surface area contributed by atoms with Crippen LogP contribution >= 0.6 is 0 Å². The van der Waals surface area contributed by atoms with Crippen LogP contribution in [0.2, 0.25) is 0 Å². The molecule has 0 aromatic carbocycles. The summed E-state index contributed by atoms with van der Waals surface area (Å²) in [6.45, 7) is 10.4. The highest BCUT2D eigenvalue weighted by atomic mass is 15.1. The number of nitrogens with zero attached hydrogens (tertiary/aromatic N) is 3. The van der Waals surface area contributed by atoms with E-state index in [9.17, 15) is 0 Å². The van der Waals surface area contributed by atoms with E-state index in [1.54, 1.807) is 0 Å². The average Bonchev–Trinajstić information content (AvgIpc) is 2.77. The molecule has 2 aromatic rings. The molecule has 2 heterocycles. The average molecular weight is 242 g/mol.